The molecular weight excluding hydrogens is 349 g/mol. The SMILES string of the molecule is Cc1c(I)cc(CS(=O)(=O)F)cc1B(O)O. The second-order valence-corrected chi connectivity index (χ2v) is 5.88. The molecule has 0 aromatic heterocycles. The van der Waals surface area contributed by atoms with Crippen LogP contribution in [0.2, 0.25) is 0 Å². The highest BCUT2D eigenvalue weighted by atomic mass is 127. The summed E-state index contributed by atoms with van der Waals surface area (Å²) in [6.07, 6.45) is 0. The molecule has 1 aromatic carbocycles. The summed E-state index contributed by atoms with van der Waals surface area (Å²) in [6.45, 7) is 1.67. The normalized spacial score (nSPS) is 11.6. The van der Waals surface area contributed by atoms with Crippen LogP contribution >= 0.6 is 22.6 Å². The predicted octanol–water partition coefficient (Wildman–Crippen LogP) is 0.0787. The van der Waals surface area contributed by atoms with Crippen LogP contribution in [0.15, 0.2) is 12.1 Å². The van der Waals surface area contributed by atoms with E-state index in [9.17, 15) is 12.3 Å². The molecule has 1 aromatic rings. The molecule has 88 valence electrons. The Bertz CT molecular complexity index is 503. The Balaban J connectivity index is 3.24. The molecule has 0 unspecified atom stereocenters. The molecule has 0 bridgehead atoms. The first-order chi connectivity index (χ1) is 7.20. The fraction of sp³-hybridized carbons (Fsp3) is 0.250. The maximum Gasteiger partial charge on any atom is 0.488 e. The Morgan fingerprint density at radius 2 is 2.00 bits per heavy atom. The Hall–Kier alpha value is -0.185. The van der Waals surface area contributed by atoms with Crippen LogP contribution in [0.3, 0.4) is 0 Å². The molecule has 0 atom stereocenters. The van der Waals surface area contributed by atoms with E-state index in [2.05, 4.69) is 0 Å². The summed E-state index contributed by atoms with van der Waals surface area (Å²) < 4.78 is 34.1. The highest BCUT2D eigenvalue weighted by Gasteiger charge is 2.18. The summed E-state index contributed by atoms with van der Waals surface area (Å²) >= 11 is 1.92. The van der Waals surface area contributed by atoms with Crippen LogP contribution in [0.4, 0.5) is 3.89 Å². The number of halogens is 2. The molecule has 0 saturated heterocycles. The number of hydrogen-bond acceptors (Lipinski definition) is 4. The summed E-state index contributed by atoms with van der Waals surface area (Å²) in [4.78, 5) is 0. The maximum absolute atomic E-state index is 12.5. The number of hydrogen-bond donors (Lipinski definition) is 2. The lowest BCUT2D eigenvalue weighted by Gasteiger charge is -2.09. The van der Waals surface area contributed by atoms with Crippen LogP contribution in [0, 0.1) is 10.5 Å². The van der Waals surface area contributed by atoms with Gasteiger partial charge in [0.2, 0.25) is 0 Å². The van der Waals surface area contributed by atoms with Crippen LogP contribution < -0.4 is 5.46 Å². The summed E-state index contributed by atoms with van der Waals surface area (Å²) in [7, 11) is -6.31. The van der Waals surface area contributed by atoms with Crippen LogP contribution in [-0.4, -0.2) is 25.6 Å². The largest absolute Gasteiger partial charge is 0.488 e. The maximum atomic E-state index is 12.5. The van der Waals surface area contributed by atoms with E-state index in [-0.39, 0.29) is 11.0 Å². The second-order valence-electron chi connectivity index (χ2n) is 3.35. The third kappa shape index (κ3) is 3.68. The third-order valence-electron chi connectivity index (χ3n) is 2.06. The molecule has 0 radical (unpaired) electrons. The topological polar surface area (TPSA) is 74.6 Å². The molecule has 0 amide bonds. The Morgan fingerprint density at radius 1 is 1.44 bits per heavy atom. The standard InChI is InChI=1S/C8H9BFIO4S/c1-5-7(9(12)13)2-6(3-8(5)11)4-16(10,14)15/h2-3,12-13H,4H2,1H3. The molecule has 8 heteroatoms. The first-order valence-corrected chi connectivity index (χ1v) is 6.91. The lowest BCUT2D eigenvalue weighted by Crippen LogP contribution is -2.33. The van der Waals surface area contributed by atoms with Gasteiger partial charge in [-0.15, -0.1) is 3.89 Å². The van der Waals surface area contributed by atoms with E-state index >= 15 is 0 Å². The highest BCUT2D eigenvalue weighted by Crippen LogP contribution is 2.15. The Kier molecular flexibility index (Phi) is 4.32. The number of rotatable bonds is 3. The van der Waals surface area contributed by atoms with E-state index in [4.69, 9.17) is 10.0 Å². The van der Waals surface area contributed by atoms with Crippen molar-refractivity contribution in [2.75, 3.05) is 0 Å². The fourth-order valence-electron chi connectivity index (χ4n) is 1.31. The predicted molar refractivity (Wildman–Crippen MR) is 67.5 cm³/mol. The molecular formula is C8H9BFIO4S. The van der Waals surface area contributed by atoms with Crippen LogP contribution in [-0.2, 0) is 16.0 Å². The van der Waals surface area contributed by atoms with Crippen molar-refractivity contribution in [2.24, 2.45) is 0 Å². The Morgan fingerprint density at radius 3 is 2.44 bits per heavy atom. The third-order valence-corrected chi connectivity index (χ3v) is 3.86. The quantitative estimate of drug-likeness (QED) is 0.456. The minimum atomic E-state index is -4.62. The van der Waals surface area contributed by atoms with Gasteiger partial charge in [-0.1, -0.05) is 6.07 Å². The van der Waals surface area contributed by atoms with E-state index in [0.29, 0.717) is 9.13 Å². The van der Waals surface area contributed by atoms with Crippen molar-refractivity contribution in [1.82, 2.24) is 0 Å². The van der Waals surface area contributed by atoms with Gasteiger partial charge in [0.15, 0.2) is 0 Å². The molecule has 1 rings (SSSR count). The first-order valence-electron chi connectivity index (χ1n) is 4.28. The van der Waals surface area contributed by atoms with Crippen molar-refractivity contribution < 1.29 is 22.4 Å². The number of benzene rings is 1. The van der Waals surface area contributed by atoms with Gasteiger partial charge in [0.1, 0.15) is 5.75 Å². The smallest absolute Gasteiger partial charge is 0.423 e. The van der Waals surface area contributed by atoms with Gasteiger partial charge in [0, 0.05) is 3.57 Å². The van der Waals surface area contributed by atoms with E-state index in [1.165, 1.54) is 12.1 Å². The molecule has 16 heavy (non-hydrogen) atoms. The molecule has 0 fully saturated rings. The van der Waals surface area contributed by atoms with Crippen molar-refractivity contribution >= 4 is 45.4 Å². The fourth-order valence-corrected chi connectivity index (χ4v) is 2.59. The molecule has 4 nitrogen and oxygen atoms in total. The summed E-state index contributed by atoms with van der Waals surface area (Å²) in [5.74, 6) is -0.761. The minimum absolute atomic E-state index is 0.186. The average molecular weight is 358 g/mol. The zero-order valence-electron chi connectivity index (χ0n) is 8.31. The lowest BCUT2D eigenvalue weighted by atomic mass is 9.77. The zero-order valence-corrected chi connectivity index (χ0v) is 11.3. The molecule has 2 N–H and O–H groups in total. The summed E-state index contributed by atoms with van der Waals surface area (Å²) in [6, 6.07) is 2.78. The van der Waals surface area contributed by atoms with Gasteiger partial charge < -0.3 is 10.0 Å². The summed E-state index contributed by atoms with van der Waals surface area (Å²) in [5.41, 5.74) is 1.02. The van der Waals surface area contributed by atoms with Crippen molar-refractivity contribution in [3.05, 3.63) is 26.8 Å². The minimum Gasteiger partial charge on any atom is -0.423 e. The molecule has 0 aliphatic carbocycles. The monoisotopic (exact) mass is 358 g/mol. The molecule has 0 spiro atoms. The van der Waals surface area contributed by atoms with Crippen LogP contribution in [0.1, 0.15) is 11.1 Å². The van der Waals surface area contributed by atoms with Crippen molar-refractivity contribution in [1.29, 1.82) is 0 Å². The molecule has 0 saturated carbocycles. The highest BCUT2D eigenvalue weighted by molar-refractivity contribution is 14.1. The van der Waals surface area contributed by atoms with Gasteiger partial charge in [0.25, 0.3) is 0 Å². The van der Waals surface area contributed by atoms with Gasteiger partial charge in [-0.05, 0) is 52.2 Å². The Labute approximate surface area is 107 Å². The van der Waals surface area contributed by atoms with Gasteiger partial charge in [0.05, 0.1) is 0 Å². The van der Waals surface area contributed by atoms with Gasteiger partial charge in [-0.25, -0.2) is 0 Å². The van der Waals surface area contributed by atoms with E-state index in [1.54, 1.807) is 6.92 Å². The van der Waals surface area contributed by atoms with Gasteiger partial charge >= 0.3 is 17.3 Å². The van der Waals surface area contributed by atoms with E-state index in [1.807, 2.05) is 22.6 Å². The van der Waals surface area contributed by atoms with Crippen molar-refractivity contribution in [3.8, 4) is 0 Å². The van der Waals surface area contributed by atoms with Gasteiger partial charge in [-0.2, -0.15) is 8.42 Å². The first kappa shape index (κ1) is 13.9. The molecule has 0 heterocycles. The van der Waals surface area contributed by atoms with E-state index < -0.39 is 23.1 Å². The summed E-state index contributed by atoms with van der Waals surface area (Å²) in [5, 5.41) is 18.1. The van der Waals surface area contributed by atoms with Crippen LogP contribution in [0.25, 0.3) is 0 Å². The molecule has 0 aliphatic heterocycles. The zero-order chi connectivity index (χ0) is 12.5. The molecule has 0 aliphatic rings. The lowest BCUT2D eigenvalue weighted by molar-refractivity contribution is 0.425. The van der Waals surface area contributed by atoms with Crippen molar-refractivity contribution in [3.63, 3.8) is 0 Å². The second kappa shape index (κ2) is 4.99. The van der Waals surface area contributed by atoms with Crippen LogP contribution in [0.5, 0.6) is 0 Å². The van der Waals surface area contributed by atoms with Crippen molar-refractivity contribution in [2.45, 2.75) is 12.7 Å². The van der Waals surface area contributed by atoms with Gasteiger partial charge in [-0.3, -0.25) is 0 Å². The van der Waals surface area contributed by atoms with E-state index in [0.717, 1.165) is 0 Å². The average Bonchev–Trinajstić information content (AvgIpc) is 2.07.